The molecule has 2 N–H and O–H groups in total. The summed E-state index contributed by atoms with van der Waals surface area (Å²) in [6, 6.07) is 15.9. The predicted molar refractivity (Wildman–Crippen MR) is 130 cm³/mol. The third kappa shape index (κ3) is 5.36. The average Bonchev–Trinajstić information content (AvgIpc) is 3.36. The fourth-order valence-electron chi connectivity index (χ4n) is 3.86. The van der Waals surface area contributed by atoms with E-state index in [1.807, 2.05) is 42.5 Å². The van der Waals surface area contributed by atoms with Crippen LogP contribution in [0, 0.1) is 0 Å². The average molecular weight is 450 g/mol. The van der Waals surface area contributed by atoms with Gasteiger partial charge in [0.15, 0.2) is 11.8 Å². The van der Waals surface area contributed by atoms with Crippen LogP contribution < -0.4 is 19.7 Å². The van der Waals surface area contributed by atoms with Gasteiger partial charge in [-0.2, -0.15) is 5.10 Å². The van der Waals surface area contributed by atoms with E-state index in [-0.39, 0.29) is 0 Å². The lowest BCUT2D eigenvalue weighted by Gasteiger charge is -2.38. The Bertz CT molecular complexity index is 1060. The molecule has 9 nitrogen and oxygen atoms in total. The lowest BCUT2D eigenvalue weighted by Crippen LogP contribution is -2.52. The van der Waals surface area contributed by atoms with Crippen molar-refractivity contribution in [1.82, 2.24) is 25.4 Å². The predicted octanol–water partition coefficient (Wildman–Crippen LogP) is 2.78. The Hall–Kier alpha value is -3.75. The van der Waals surface area contributed by atoms with Crippen LogP contribution in [0.5, 0.6) is 11.5 Å². The number of piperazine rings is 1. The fourth-order valence-corrected chi connectivity index (χ4v) is 3.86. The van der Waals surface area contributed by atoms with Crippen LogP contribution in [-0.2, 0) is 6.54 Å². The Kier molecular flexibility index (Phi) is 7.29. The van der Waals surface area contributed by atoms with Crippen LogP contribution >= 0.6 is 0 Å². The van der Waals surface area contributed by atoms with Gasteiger partial charge in [0.05, 0.1) is 19.9 Å². The quantitative estimate of drug-likeness (QED) is 0.423. The molecule has 3 aromatic rings. The highest BCUT2D eigenvalue weighted by Crippen LogP contribution is 2.28. The molecule has 1 fully saturated rings. The Labute approximate surface area is 194 Å². The second-order valence-corrected chi connectivity index (χ2v) is 7.65. The lowest BCUT2D eigenvalue weighted by molar-refractivity contribution is 0.367. The van der Waals surface area contributed by atoms with E-state index < -0.39 is 0 Å². The number of methoxy groups -OCH3 is 2. The van der Waals surface area contributed by atoms with Crippen molar-refractivity contribution in [3.8, 4) is 22.9 Å². The molecule has 1 saturated heterocycles. The maximum Gasteiger partial charge on any atom is 0.194 e. The van der Waals surface area contributed by atoms with Crippen molar-refractivity contribution in [2.24, 2.45) is 4.99 Å². The van der Waals surface area contributed by atoms with Crippen LogP contribution in [0.4, 0.5) is 5.69 Å². The summed E-state index contributed by atoms with van der Waals surface area (Å²) in [7, 11) is 3.37. The monoisotopic (exact) mass is 449 g/mol. The number of hydrogen-bond donors (Lipinski definition) is 2. The van der Waals surface area contributed by atoms with Crippen molar-refractivity contribution in [1.29, 1.82) is 0 Å². The van der Waals surface area contributed by atoms with Crippen LogP contribution in [0.25, 0.3) is 11.4 Å². The second kappa shape index (κ2) is 10.7. The molecule has 0 unspecified atom stereocenters. The molecule has 9 heteroatoms. The van der Waals surface area contributed by atoms with Gasteiger partial charge in [0.2, 0.25) is 0 Å². The van der Waals surface area contributed by atoms with Crippen LogP contribution in [0.3, 0.4) is 0 Å². The van der Waals surface area contributed by atoms with Crippen LogP contribution in [-0.4, -0.2) is 73.0 Å². The first-order chi connectivity index (χ1) is 16.2. The number of aliphatic imine (C=N–C) groups is 1. The van der Waals surface area contributed by atoms with Gasteiger partial charge in [-0.05, 0) is 43.3 Å². The Morgan fingerprint density at radius 1 is 1.03 bits per heavy atom. The largest absolute Gasteiger partial charge is 0.497 e. The molecule has 0 spiro atoms. The van der Waals surface area contributed by atoms with Crippen molar-refractivity contribution in [2.75, 3.05) is 51.8 Å². The standard InChI is InChI=1S/C24H31N7O2/c1-4-25-24(31-15-13-30(14-16-31)20-7-5-6-8-21(20)33-3)26-17-22-27-23(29-28-22)18-9-11-19(32-2)12-10-18/h5-12H,4,13-17H2,1-3H3,(H,25,26)(H,27,28,29). The summed E-state index contributed by atoms with van der Waals surface area (Å²) in [6.45, 7) is 6.85. The molecule has 0 atom stereocenters. The molecule has 0 radical (unpaired) electrons. The molecule has 0 aliphatic carbocycles. The summed E-state index contributed by atoms with van der Waals surface area (Å²) in [6.07, 6.45) is 0. The number of aromatic amines is 1. The number of rotatable bonds is 7. The van der Waals surface area contributed by atoms with Gasteiger partial charge in [0, 0.05) is 38.3 Å². The number of para-hydroxylation sites is 2. The summed E-state index contributed by atoms with van der Waals surface area (Å²) >= 11 is 0. The summed E-state index contributed by atoms with van der Waals surface area (Å²) in [5, 5.41) is 10.8. The van der Waals surface area contributed by atoms with Crippen molar-refractivity contribution < 1.29 is 9.47 Å². The number of guanidine groups is 1. The van der Waals surface area contributed by atoms with Gasteiger partial charge in [0.25, 0.3) is 0 Å². The van der Waals surface area contributed by atoms with E-state index in [2.05, 4.69) is 43.3 Å². The minimum atomic E-state index is 0.429. The third-order valence-corrected chi connectivity index (χ3v) is 5.60. The van der Waals surface area contributed by atoms with Gasteiger partial charge < -0.3 is 24.6 Å². The second-order valence-electron chi connectivity index (χ2n) is 7.65. The molecule has 174 valence electrons. The molecule has 2 heterocycles. The summed E-state index contributed by atoms with van der Waals surface area (Å²) in [5.41, 5.74) is 2.07. The zero-order chi connectivity index (χ0) is 23.0. The van der Waals surface area contributed by atoms with Gasteiger partial charge in [-0.1, -0.05) is 12.1 Å². The molecule has 0 amide bonds. The zero-order valence-electron chi connectivity index (χ0n) is 19.4. The number of hydrogen-bond acceptors (Lipinski definition) is 6. The van der Waals surface area contributed by atoms with Crippen molar-refractivity contribution in [3.05, 3.63) is 54.4 Å². The molecule has 1 aliphatic rings. The van der Waals surface area contributed by atoms with E-state index in [9.17, 15) is 0 Å². The van der Waals surface area contributed by atoms with Gasteiger partial charge in [-0.15, -0.1) is 0 Å². The molecule has 0 saturated carbocycles. The van der Waals surface area contributed by atoms with E-state index in [0.717, 1.165) is 67.3 Å². The Morgan fingerprint density at radius 2 is 1.79 bits per heavy atom. The molecule has 1 aliphatic heterocycles. The Balaban J connectivity index is 1.39. The molecule has 1 aromatic heterocycles. The molecule has 0 bridgehead atoms. The maximum absolute atomic E-state index is 5.53. The van der Waals surface area contributed by atoms with Crippen LogP contribution in [0.15, 0.2) is 53.5 Å². The first kappa shape index (κ1) is 22.4. The van der Waals surface area contributed by atoms with Crippen molar-refractivity contribution in [2.45, 2.75) is 13.5 Å². The number of aromatic nitrogens is 3. The first-order valence-corrected chi connectivity index (χ1v) is 11.2. The van der Waals surface area contributed by atoms with Crippen LogP contribution in [0.1, 0.15) is 12.7 Å². The summed E-state index contributed by atoms with van der Waals surface area (Å²) < 4.78 is 10.7. The smallest absolute Gasteiger partial charge is 0.194 e. The normalized spacial score (nSPS) is 14.3. The van der Waals surface area contributed by atoms with Gasteiger partial charge in [-0.25, -0.2) is 9.98 Å². The minimum absolute atomic E-state index is 0.429. The summed E-state index contributed by atoms with van der Waals surface area (Å²) in [4.78, 5) is 14.1. The topological polar surface area (TPSA) is 90.9 Å². The van der Waals surface area contributed by atoms with E-state index in [1.165, 1.54) is 0 Å². The highest BCUT2D eigenvalue weighted by Gasteiger charge is 2.21. The lowest BCUT2D eigenvalue weighted by atomic mass is 10.2. The van der Waals surface area contributed by atoms with Crippen LogP contribution in [0.2, 0.25) is 0 Å². The highest BCUT2D eigenvalue weighted by molar-refractivity contribution is 5.80. The summed E-state index contributed by atoms with van der Waals surface area (Å²) in [5.74, 6) is 3.98. The highest BCUT2D eigenvalue weighted by atomic mass is 16.5. The van der Waals surface area contributed by atoms with Gasteiger partial charge in [0.1, 0.15) is 23.9 Å². The number of benzene rings is 2. The zero-order valence-corrected chi connectivity index (χ0v) is 19.4. The molecule has 33 heavy (non-hydrogen) atoms. The fraction of sp³-hybridized carbons (Fsp3) is 0.375. The molecule has 4 rings (SSSR count). The molecular weight excluding hydrogens is 418 g/mol. The van der Waals surface area contributed by atoms with Crippen molar-refractivity contribution in [3.63, 3.8) is 0 Å². The maximum atomic E-state index is 5.53. The van der Waals surface area contributed by atoms with Gasteiger partial charge >= 0.3 is 0 Å². The number of H-pyrrole nitrogens is 1. The molecular formula is C24H31N7O2. The first-order valence-electron chi connectivity index (χ1n) is 11.2. The van der Waals surface area contributed by atoms with Gasteiger partial charge in [-0.3, -0.25) is 5.10 Å². The molecule has 2 aromatic carbocycles. The Morgan fingerprint density at radius 3 is 2.48 bits per heavy atom. The van der Waals surface area contributed by atoms with E-state index in [4.69, 9.17) is 14.5 Å². The number of anilines is 1. The number of ether oxygens (including phenoxy) is 2. The number of nitrogens with one attached hydrogen (secondary N) is 2. The SMILES string of the molecule is CCNC(=NCc1nc(-c2ccc(OC)cc2)n[nH]1)N1CCN(c2ccccc2OC)CC1. The third-order valence-electron chi connectivity index (χ3n) is 5.60. The van der Waals surface area contributed by atoms with Crippen molar-refractivity contribution >= 4 is 11.6 Å². The van der Waals surface area contributed by atoms with E-state index in [0.29, 0.717) is 12.4 Å². The van der Waals surface area contributed by atoms with E-state index >= 15 is 0 Å². The minimum Gasteiger partial charge on any atom is -0.497 e. The van der Waals surface area contributed by atoms with E-state index in [1.54, 1.807) is 14.2 Å². The number of nitrogens with zero attached hydrogens (tertiary/aromatic N) is 5.